The summed E-state index contributed by atoms with van der Waals surface area (Å²) in [5, 5.41) is 4.69. The van der Waals surface area contributed by atoms with E-state index in [9.17, 15) is 0 Å². The number of para-hydroxylation sites is 2. The average molecular weight is 747 g/mol. The van der Waals surface area contributed by atoms with E-state index < -0.39 is 0 Å². The first-order valence-electron chi connectivity index (χ1n) is 19.3. The summed E-state index contributed by atoms with van der Waals surface area (Å²) >= 11 is 1.87. The van der Waals surface area contributed by atoms with E-state index in [0.717, 1.165) is 68.0 Å². The Hall–Kier alpha value is -7.08. The molecule has 11 rings (SSSR count). The zero-order valence-electron chi connectivity index (χ0n) is 30.9. The van der Waals surface area contributed by atoms with Crippen molar-refractivity contribution in [1.82, 2.24) is 19.9 Å². The lowest BCUT2D eigenvalue weighted by Gasteiger charge is -2.18. The third kappa shape index (κ3) is 5.92. The van der Waals surface area contributed by atoms with Gasteiger partial charge in [0, 0.05) is 53.6 Å². The largest absolute Gasteiger partial charge is 0.232 e. The molecule has 1 atom stereocenters. The van der Waals surface area contributed by atoms with E-state index >= 15 is 0 Å². The van der Waals surface area contributed by atoms with Crippen LogP contribution < -0.4 is 0 Å². The number of hydrogen-bond acceptors (Lipinski definition) is 5. The summed E-state index contributed by atoms with van der Waals surface area (Å²) in [6.45, 7) is 0. The summed E-state index contributed by atoms with van der Waals surface area (Å²) in [6, 6.07) is 59.5. The molecule has 3 aromatic heterocycles. The Kier molecular flexibility index (Phi) is 8.11. The Morgan fingerprint density at radius 1 is 0.456 bits per heavy atom. The van der Waals surface area contributed by atoms with Crippen LogP contribution in [0.2, 0.25) is 0 Å². The molecule has 57 heavy (non-hydrogen) atoms. The van der Waals surface area contributed by atoms with Gasteiger partial charge >= 0.3 is 0 Å². The van der Waals surface area contributed by atoms with Gasteiger partial charge in [-0.1, -0.05) is 170 Å². The Morgan fingerprint density at radius 3 is 1.75 bits per heavy atom. The Labute approximate surface area is 334 Å². The van der Waals surface area contributed by atoms with E-state index in [1.165, 1.54) is 42.4 Å². The standard InChI is InChI=1S/C52H34N4S/c1-3-13-35(14-4-1)48-41-17-7-9-22-44(41)53-51(55-48)37-29-25-33(26-30-37)39-19-12-24-46-47(39)43-21-11-20-40(50(43)57-46)34-27-31-38(32-28-34)52-54-45-23-10-8-18-42(45)49(56-52)36-15-5-2-6-16-36/h1-31,38H,32H2. The third-order valence-electron chi connectivity index (χ3n) is 11.0. The summed E-state index contributed by atoms with van der Waals surface area (Å²) in [7, 11) is 0. The summed E-state index contributed by atoms with van der Waals surface area (Å²) in [6.07, 6.45) is 7.76. The second-order valence-corrected chi connectivity index (χ2v) is 15.5. The summed E-state index contributed by atoms with van der Waals surface area (Å²) in [5.74, 6) is 1.68. The number of thiophene rings is 1. The van der Waals surface area contributed by atoms with Gasteiger partial charge in [-0.2, -0.15) is 0 Å². The van der Waals surface area contributed by atoms with Crippen LogP contribution in [0.3, 0.4) is 0 Å². The van der Waals surface area contributed by atoms with Gasteiger partial charge in [0.05, 0.1) is 22.4 Å². The predicted octanol–water partition coefficient (Wildman–Crippen LogP) is 13.7. The number of rotatable bonds is 6. The molecule has 10 aromatic rings. The fourth-order valence-electron chi connectivity index (χ4n) is 8.22. The molecule has 7 aromatic carbocycles. The van der Waals surface area contributed by atoms with E-state index in [2.05, 4.69) is 164 Å². The van der Waals surface area contributed by atoms with Crippen molar-refractivity contribution >= 4 is 58.9 Å². The molecule has 0 amide bonds. The van der Waals surface area contributed by atoms with Crippen molar-refractivity contribution in [1.29, 1.82) is 0 Å². The maximum Gasteiger partial charge on any atom is 0.160 e. The van der Waals surface area contributed by atoms with Crippen LogP contribution >= 0.6 is 11.3 Å². The highest BCUT2D eigenvalue weighted by atomic mass is 32.1. The molecule has 0 spiro atoms. The topological polar surface area (TPSA) is 51.6 Å². The highest BCUT2D eigenvalue weighted by Crippen LogP contribution is 2.44. The van der Waals surface area contributed by atoms with Gasteiger partial charge in [-0.15, -0.1) is 11.3 Å². The Bertz CT molecular complexity index is 3200. The van der Waals surface area contributed by atoms with Crippen molar-refractivity contribution in [2.45, 2.75) is 12.3 Å². The smallest absolute Gasteiger partial charge is 0.160 e. The number of benzene rings is 7. The van der Waals surface area contributed by atoms with Crippen molar-refractivity contribution in [3.63, 3.8) is 0 Å². The van der Waals surface area contributed by atoms with E-state index in [1.54, 1.807) is 0 Å². The highest BCUT2D eigenvalue weighted by Gasteiger charge is 2.21. The molecule has 5 heteroatoms. The van der Waals surface area contributed by atoms with Crippen LogP contribution in [0.5, 0.6) is 0 Å². The number of aromatic nitrogens is 4. The fraction of sp³-hybridized carbons (Fsp3) is 0.0385. The van der Waals surface area contributed by atoms with Crippen LogP contribution in [0, 0.1) is 0 Å². The molecule has 0 radical (unpaired) electrons. The lowest BCUT2D eigenvalue weighted by Crippen LogP contribution is -2.06. The van der Waals surface area contributed by atoms with Gasteiger partial charge in [-0.05, 0) is 46.9 Å². The molecular weight excluding hydrogens is 713 g/mol. The second-order valence-electron chi connectivity index (χ2n) is 14.5. The SMILES string of the molecule is C1=CC(c2nc(-c3ccccc3)c3ccccc3n2)CC=C1c1cccc2c1sc1cccc(-c3ccc(-c4nc(-c5ccccc5)c5ccccc5n4)cc3)c12. The predicted molar refractivity (Wildman–Crippen MR) is 238 cm³/mol. The molecular formula is C52H34N4S. The third-order valence-corrected chi connectivity index (χ3v) is 12.2. The zero-order chi connectivity index (χ0) is 37.7. The lowest BCUT2D eigenvalue weighted by atomic mass is 9.91. The number of hydrogen-bond donors (Lipinski definition) is 0. The van der Waals surface area contributed by atoms with Gasteiger partial charge in [-0.25, -0.2) is 19.9 Å². The first kappa shape index (κ1) is 33.3. The van der Waals surface area contributed by atoms with Crippen LogP contribution in [0.15, 0.2) is 188 Å². The van der Waals surface area contributed by atoms with E-state index in [0.29, 0.717) is 0 Å². The first-order valence-corrected chi connectivity index (χ1v) is 20.1. The molecule has 0 aliphatic heterocycles. The lowest BCUT2D eigenvalue weighted by molar-refractivity contribution is 0.783. The minimum absolute atomic E-state index is 0.0990. The summed E-state index contributed by atoms with van der Waals surface area (Å²) in [5.41, 5.74) is 11.9. The maximum absolute atomic E-state index is 5.16. The molecule has 0 bridgehead atoms. The first-order chi connectivity index (χ1) is 28.2. The number of nitrogens with zero attached hydrogens (tertiary/aromatic N) is 4. The fourth-order valence-corrected chi connectivity index (χ4v) is 9.49. The Balaban J connectivity index is 0.926. The second kappa shape index (κ2) is 13.9. The van der Waals surface area contributed by atoms with Gasteiger partial charge in [-0.3, -0.25) is 0 Å². The van der Waals surface area contributed by atoms with Crippen molar-refractivity contribution in [3.8, 4) is 45.0 Å². The van der Waals surface area contributed by atoms with Gasteiger partial charge in [0.15, 0.2) is 5.82 Å². The average Bonchev–Trinajstić information content (AvgIpc) is 3.68. The van der Waals surface area contributed by atoms with E-state index in [4.69, 9.17) is 19.9 Å². The summed E-state index contributed by atoms with van der Waals surface area (Å²) < 4.78 is 2.58. The van der Waals surface area contributed by atoms with Crippen molar-refractivity contribution in [2.75, 3.05) is 0 Å². The van der Waals surface area contributed by atoms with Gasteiger partial charge < -0.3 is 0 Å². The monoisotopic (exact) mass is 746 g/mol. The van der Waals surface area contributed by atoms with Crippen LogP contribution in [-0.4, -0.2) is 19.9 Å². The van der Waals surface area contributed by atoms with Crippen LogP contribution in [0.25, 0.3) is 92.6 Å². The minimum Gasteiger partial charge on any atom is -0.232 e. The van der Waals surface area contributed by atoms with Gasteiger partial charge in [0.25, 0.3) is 0 Å². The Morgan fingerprint density at radius 2 is 1.05 bits per heavy atom. The van der Waals surface area contributed by atoms with Crippen molar-refractivity contribution in [3.05, 3.63) is 199 Å². The summed E-state index contributed by atoms with van der Waals surface area (Å²) in [4.78, 5) is 20.3. The molecule has 3 heterocycles. The normalized spacial score (nSPS) is 14.1. The molecule has 0 saturated carbocycles. The molecule has 1 unspecified atom stereocenters. The molecule has 4 nitrogen and oxygen atoms in total. The minimum atomic E-state index is 0.0990. The zero-order valence-corrected chi connectivity index (χ0v) is 31.7. The van der Waals surface area contributed by atoms with E-state index in [1.807, 2.05) is 35.6 Å². The number of allylic oxidation sites excluding steroid dienone is 4. The van der Waals surface area contributed by atoms with Crippen molar-refractivity contribution in [2.24, 2.45) is 0 Å². The van der Waals surface area contributed by atoms with Crippen LogP contribution in [-0.2, 0) is 0 Å². The molecule has 1 aliphatic rings. The molecule has 268 valence electrons. The number of fused-ring (bicyclic) bond motifs is 5. The maximum atomic E-state index is 5.16. The molecule has 0 saturated heterocycles. The highest BCUT2D eigenvalue weighted by molar-refractivity contribution is 7.26. The quantitative estimate of drug-likeness (QED) is 0.170. The van der Waals surface area contributed by atoms with Gasteiger partial charge in [0.1, 0.15) is 5.82 Å². The molecule has 0 N–H and O–H groups in total. The molecule has 0 fully saturated rings. The van der Waals surface area contributed by atoms with Gasteiger partial charge in [0.2, 0.25) is 0 Å². The van der Waals surface area contributed by atoms with Crippen molar-refractivity contribution < 1.29 is 0 Å². The van der Waals surface area contributed by atoms with Crippen LogP contribution in [0.1, 0.15) is 23.7 Å². The molecule has 1 aliphatic carbocycles. The van der Waals surface area contributed by atoms with Crippen LogP contribution in [0.4, 0.5) is 0 Å². The van der Waals surface area contributed by atoms with E-state index in [-0.39, 0.29) is 5.92 Å².